The molecule has 0 aliphatic heterocycles. The Morgan fingerprint density at radius 2 is 0.562 bits per heavy atom. The summed E-state index contributed by atoms with van der Waals surface area (Å²) in [5, 5.41) is 0. The smallest absolute Gasteiger partial charge is 0.264 e. The van der Waals surface area contributed by atoms with Gasteiger partial charge in [0.05, 0.1) is 0 Å². The van der Waals surface area contributed by atoms with Gasteiger partial charge >= 0.3 is 89.1 Å². The molecule has 0 radical (unpaired) electrons. The van der Waals surface area contributed by atoms with Gasteiger partial charge in [-0.3, -0.25) is 9.11 Å². The maximum absolute atomic E-state index is 13.9. The zero-order chi connectivity index (χ0) is 39.7. The number of halogens is 27. The van der Waals surface area contributed by atoms with E-state index in [9.17, 15) is 114 Å². The molecule has 0 aliphatic carbocycles. The van der Waals surface area contributed by atoms with Crippen molar-refractivity contribution >= 4 is 10.4 Å². The molecule has 32 heteroatoms. The number of benzene rings is 1. The van der Waals surface area contributed by atoms with Crippen molar-refractivity contribution in [3.8, 4) is 0 Å². The summed E-state index contributed by atoms with van der Waals surface area (Å²) in [4.78, 5) is 0. The first kappa shape index (κ1) is 46.0. The Kier molecular flexibility index (Phi) is 12.1. The molecule has 0 spiro atoms. The molecule has 4 nitrogen and oxygen atoms in total. The molecular formula is C16H2F26IO4S+. The Hall–Kier alpha value is -2.00. The second-order valence-corrected chi connectivity index (χ2v) is 11.9. The summed E-state index contributed by atoms with van der Waals surface area (Å²) < 4.78 is 366. The zero-order valence-electron chi connectivity index (χ0n) is 20.3. The Bertz CT molecular complexity index is 1430. The van der Waals surface area contributed by atoms with Gasteiger partial charge in [0.25, 0.3) is 3.57 Å². The molecule has 284 valence electrons. The van der Waals surface area contributed by atoms with Crippen LogP contribution in [-0.2, 0) is 10.4 Å². The minimum absolute atomic E-state index is 3.20. The minimum Gasteiger partial charge on any atom is -0.264 e. The molecule has 0 amide bonds. The molecule has 0 heterocycles. The van der Waals surface area contributed by atoms with Crippen LogP contribution in [0.1, 0.15) is 0 Å². The van der Waals surface area contributed by atoms with Crippen LogP contribution >= 0.6 is 0 Å². The van der Waals surface area contributed by atoms with Gasteiger partial charge in [-0.1, -0.05) is 0 Å². The first-order valence-corrected chi connectivity index (χ1v) is 13.3. The van der Waals surface area contributed by atoms with E-state index in [1.807, 2.05) is 0 Å². The first-order valence-electron chi connectivity index (χ1n) is 9.74. The lowest BCUT2D eigenvalue weighted by molar-refractivity contribution is -0.794. The molecule has 48 heavy (non-hydrogen) atoms. The molecule has 0 saturated carbocycles. The highest BCUT2D eigenvalue weighted by Gasteiger charge is 2.99. The van der Waals surface area contributed by atoms with Gasteiger partial charge in [0.15, 0.2) is 0 Å². The SMILES string of the molecule is Fc1c(F)c(F)c([I+]C(F)(F)C(F)(F)C(F)(F)C(F)(F)C(F)(F)C(F)(F)C(F)(F)C(F)(F)C(F)(F)C(F)(F)F)c(F)c1F.O=S(=O)(O)O. The zero-order valence-corrected chi connectivity index (χ0v) is 23.3. The van der Waals surface area contributed by atoms with Crippen molar-refractivity contribution in [1.29, 1.82) is 0 Å². The molecule has 0 aliphatic rings. The van der Waals surface area contributed by atoms with Crippen LogP contribution < -0.4 is 21.2 Å². The van der Waals surface area contributed by atoms with Crippen LogP contribution in [-0.4, -0.2) is 75.0 Å². The van der Waals surface area contributed by atoms with Gasteiger partial charge in [0.1, 0.15) is 0 Å². The molecule has 0 saturated heterocycles. The lowest BCUT2D eigenvalue weighted by atomic mass is 9.87. The van der Waals surface area contributed by atoms with Crippen LogP contribution in [0.5, 0.6) is 0 Å². The van der Waals surface area contributed by atoms with Crippen LogP contribution in [0.4, 0.5) is 114 Å². The topological polar surface area (TPSA) is 74.6 Å². The van der Waals surface area contributed by atoms with E-state index < -0.39 is 122 Å². The average Bonchev–Trinajstić information content (AvgIpc) is 2.86. The number of alkyl halides is 22. The van der Waals surface area contributed by atoms with E-state index in [0.717, 1.165) is 0 Å². The van der Waals surface area contributed by atoms with E-state index in [1.54, 1.807) is 0 Å². The summed E-state index contributed by atoms with van der Waals surface area (Å²) in [5.41, 5.74) is 0. The van der Waals surface area contributed by atoms with Crippen LogP contribution in [0, 0.1) is 32.7 Å². The van der Waals surface area contributed by atoms with E-state index in [2.05, 4.69) is 0 Å². The summed E-state index contributed by atoms with van der Waals surface area (Å²) in [5.74, 6) is -89.7. The molecule has 1 aromatic rings. The normalized spacial score (nSPS) is 15.3. The minimum atomic E-state index is -9.44. The Labute approximate surface area is 253 Å². The monoisotopic (exact) mass is 911 g/mol. The van der Waals surface area contributed by atoms with Crippen molar-refractivity contribution in [1.82, 2.24) is 0 Å². The number of hydrogen-bond acceptors (Lipinski definition) is 2. The third-order valence-corrected chi connectivity index (χ3v) is 7.68. The summed E-state index contributed by atoms with van der Waals surface area (Å²) >= 11 is -5.47. The highest BCUT2D eigenvalue weighted by molar-refractivity contribution is 7.79. The second-order valence-electron chi connectivity index (χ2n) is 8.02. The summed E-state index contributed by atoms with van der Waals surface area (Å²) in [6, 6.07) is 0. The fourth-order valence-electron chi connectivity index (χ4n) is 2.38. The maximum atomic E-state index is 13.9. The van der Waals surface area contributed by atoms with E-state index in [1.165, 1.54) is 0 Å². The van der Waals surface area contributed by atoms with Gasteiger partial charge in [-0.05, 0) is 0 Å². The largest absolute Gasteiger partial charge is 0.517 e. The maximum Gasteiger partial charge on any atom is 0.517 e. The molecule has 0 atom stereocenters. The lowest BCUT2D eigenvalue weighted by Gasteiger charge is -2.43. The summed E-state index contributed by atoms with van der Waals surface area (Å²) in [6.45, 7) is 0. The van der Waals surface area contributed by atoms with Gasteiger partial charge in [0, 0.05) is 0 Å². The highest BCUT2D eigenvalue weighted by atomic mass is 127. The molecular weight excluding hydrogens is 909 g/mol. The van der Waals surface area contributed by atoms with Crippen molar-refractivity contribution in [3.63, 3.8) is 0 Å². The van der Waals surface area contributed by atoms with E-state index in [4.69, 9.17) is 17.5 Å². The first-order chi connectivity index (χ1) is 20.4. The molecule has 0 bridgehead atoms. The fourth-order valence-corrected chi connectivity index (χ4v) is 4.68. The van der Waals surface area contributed by atoms with Crippen molar-refractivity contribution < 1.29 is 153 Å². The Balaban J connectivity index is 0.00000409. The molecule has 0 fully saturated rings. The Morgan fingerprint density at radius 1 is 0.375 bits per heavy atom. The third kappa shape index (κ3) is 6.97. The summed E-state index contributed by atoms with van der Waals surface area (Å²) in [7, 11) is -4.67. The van der Waals surface area contributed by atoms with Crippen molar-refractivity contribution in [2.45, 2.75) is 57.5 Å². The quantitative estimate of drug-likeness (QED) is 0.0844. The molecule has 1 rings (SSSR count). The van der Waals surface area contributed by atoms with Gasteiger partial charge in [0.2, 0.25) is 29.1 Å². The van der Waals surface area contributed by atoms with Crippen LogP contribution in [0.2, 0.25) is 0 Å². The van der Waals surface area contributed by atoms with Crippen LogP contribution in [0.15, 0.2) is 0 Å². The third-order valence-electron chi connectivity index (χ3n) is 4.84. The highest BCUT2D eigenvalue weighted by Crippen LogP contribution is 2.65. The van der Waals surface area contributed by atoms with Gasteiger partial charge in [-0.25, -0.2) is 13.2 Å². The van der Waals surface area contributed by atoms with E-state index in [0.29, 0.717) is 0 Å². The standard InChI is InChI=1S/C16F26I.H2O4S/c17-1-2(18)4(20)6(5(21)3(1)19)43-16(41,42)14(36,37)12(32,33)10(28,29)8(24,25)7(22,23)9(26,27)11(30,31)13(34,35)15(38,39)40;1-5(2,3)4/h;(H2,1,2,3,4)/q+1;. The predicted octanol–water partition coefficient (Wildman–Crippen LogP) is 5.23. The van der Waals surface area contributed by atoms with Gasteiger partial charge in [-0.15, -0.1) is 0 Å². The number of rotatable bonds is 10. The lowest BCUT2D eigenvalue weighted by Crippen LogP contribution is -3.68. The fraction of sp³-hybridized carbons (Fsp3) is 0.625. The van der Waals surface area contributed by atoms with Crippen LogP contribution in [0.25, 0.3) is 0 Å². The van der Waals surface area contributed by atoms with Crippen molar-refractivity contribution in [2.75, 3.05) is 0 Å². The molecule has 1 aromatic carbocycles. The van der Waals surface area contributed by atoms with Gasteiger partial charge in [-0.2, -0.15) is 109 Å². The Morgan fingerprint density at radius 3 is 0.792 bits per heavy atom. The summed E-state index contributed by atoms with van der Waals surface area (Å²) in [6.07, 6.45) is -8.14. The average molecular weight is 911 g/mol. The van der Waals surface area contributed by atoms with Gasteiger partial charge < -0.3 is 0 Å². The second kappa shape index (κ2) is 12.6. The van der Waals surface area contributed by atoms with E-state index >= 15 is 0 Å². The molecule has 2 N–H and O–H groups in total. The van der Waals surface area contributed by atoms with Crippen molar-refractivity contribution in [3.05, 3.63) is 32.7 Å². The predicted molar refractivity (Wildman–Crippen MR) is 89.7 cm³/mol. The number of hydrogen-bond donors (Lipinski definition) is 2. The van der Waals surface area contributed by atoms with Crippen molar-refractivity contribution in [2.24, 2.45) is 0 Å². The van der Waals surface area contributed by atoms with E-state index in [-0.39, 0.29) is 0 Å². The van der Waals surface area contributed by atoms with Crippen LogP contribution in [0.3, 0.4) is 0 Å². The molecule has 0 unspecified atom stereocenters. The molecule has 0 aromatic heterocycles.